The summed E-state index contributed by atoms with van der Waals surface area (Å²) in [4.78, 5) is 32.6. The summed E-state index contributed by atoms with van der Waals surface area (Å²) in [6.45, 7) is 4.09. The van der Waals surface area contributed by atoms with Gasteiger partial charge in [0.2, 0.25) is 0 Å². The number of carbonyl (C=O) groups excluding carboxylic acids is 1. The van der Waals surface area contributed by atoms with Gasteiger partial charge < -0.3 is 9.47 Å². The van der Waals surface area contributed by atoms with Crippen LogP contribution in [0.1, 0.15) is 35.9 Å². The minimum atomic E-state index is -0.590. The zero-order valence-corrected chi connectivity index (χ0v) is 23.6. The first kappa shape index (κ1) is 26.4. The van der Waals surface area contributed by atoms with E-state index in [2.05, 4.69) is 4.99 Å². The van der Waals surface area contributed by atoms with Gasteiger partial charge in [-0.25, -0.2) is 9.79 Å². The van der Waals surface area contributed by atoms with Crippen molar-refractivity contribution < 1.29 is 14.3 Å². The first-order valence-electron chi connectivity index (χ1n) is 11.8. The van der Waals surface area contributed by atoms with Gasteiger partial charge in [-0.2, -0.15) is 0 Å². The van der Waals surface area contributed by atoms with E-state index in [-0.39, 0.29) is 12.2 Å². The van der Waals surface area contributed by atoms with E-state index in [4.69, 9.17) is 32.7 Å². The van der Waals surface area contributed by atoms with E-state index in [1.54, 1.807) is 30.5 Å². The molecule has 1 aliphatic heterocycles. The van der Waals surface area contributed by atoms with Crippen molar-refractivity contribution in [3.05, 3.63) is 117 Å². The van der Waals surface area contributed by atoms with Crippen LogP contribution in [0, 0.1) is 0 Å². The van der Waals surface area contributed by atoms with Crippen molar-refractivity contribution in [1.82, 2.24) is 4.57 Å². The number of thiophene rings is 1. The van der Waals surface area contributed by atoms with Crippen LogP contribution < -0.4 is 19.6 Å². The smallest absolute Gasteiger partial charge is 0.338 e. The highest BCUT2D eigenvalue weighted by atomic mass is 35.5. The molecule has 0 amide bonds. The summed E-state index contributed by atoms with van der Waals surface area (Å²) in [6.07, 6.45) is 1.81. The molecule has 0 aliphatic carbocycles. The quantitative estimate of drug-likeness (QED) is 0.259. The van der Waals surface area contributed by atoms with Gasteiger partial charge in [0, 0.05) is 4.88 Å². The van der Waals surface area contributed by atoms with Crippen LogP contribution in [0.15, 0.2) is 81.0 Å². The molecule has 0 unspecified atom stereocenters. The Bertz CT molecular complexity index is 1720. The lowest BCUT2D eigenvalue weighted by molar-refractivity contribution is -0.139. The second-order valence-electron chi connectivity index (χ2n) is 8.43. The van der Waals surface area contributed by atoms with E-state index in [1.165, 1.54) is 22.7 Å². The molecule has 1 aliphatic rings. The molecule has 1 atom stereocenters. The van der Waals surface area contributed by atoms with Crippen LogP contribution in [0.5, 0.6) is 5.75 Å². The van der Waals surface area contributed by atoms with Crippen LogP contribution in [-0.2, 0) is 16.1 Å². The molecule has 0 radical (unpaired) electrons. The van der Waals surface area contributed by atoms with E-state index < -0.39 is 12.0 Å². The van der Waals surface area contributed by atoms with Crippen LogP contribution >= 0.6 is 45.9 Å². The van der Waals surface area contributed by atoms with Gasteiger partial charge >= 0.3 is 5.97 Å². The van der Waals surface area contributed by atoms with Gasteiger partial charge in [-0.3, -0.25) is 9.36 Å². The number of allylic oxidation sites excluding steroid dienone is 1. The molecule has 6 nitrogen and oxygen atoms in total. The van der Waals surface area contributed by atoms with Crippen molar-refractivity contribution in [3.63, 3.8) is 0 Å². The number of hydrogen-bond donors (Lipinski definition) is 0. The van der Waals surface area contributed by atoms with Crippen LogP contribution in [0.3, 0.4) is 0 Å². The lowest BCUT2D eigenvalue weighted by Gasteiger charge is -2.23. The fourth-order valence-corrected chi connectivity index (χ4v) is 6.34. The van der Waals surface area contributed by atoms with Crippen molar-refractivity contribution >= 4 is 57.9 Å². The lowest BCUT2D eigenvalue weighted by atomic mass is 10.0. The maximum absolute atomic E-state index is 13.7. The number of halogens is 2. The van der Waals surface area contributed by atoms with Crippen LogP contribution in [0.4, 0.5) is 0 Å². The largest absolute Gasteiger partial charge is 0.489 e. The summed E-state index contributed by atoms with van der Waals surface area (Å²) in [5, 5.41) is 2.89. The predicted molar refractivity (Wildman–Crippen MR) is 152 cm³/mol. The fourth-order valence-electron chi connectivity index (χ4n) is 4.15. The van der Waals surface area contributed by atoms with Crippen LogP contribution in [0.25, 0.3) is 6.08 Å². The molecule has 0 bridgehead atoms. The number of benzene rings is 2. The molecule has 2 aromatic carbocycles. The van der Waals surface area contributed by atoms with Gasteiger partial charge in [-0.1, -0.05) is 58.8 Å². The Morgan fingerprint density at radius 3 is 2.71 bits per heavy atom. The number of esters is 1. The van der Waals surface area contributed by atoms with Gasteiger partial charge in [-0.15, -0.1) is 11.3 Å². The molecule has 2 aromatic heterocycles. The topological polar surface area (TPSA) is 69.9 Å². The zero-order chi connectivity index (χ0) is 26.8. The third-order valence-corrected chi connectivity index (χ3v) is 8.52. The second kappa shape index (κ2) is 11.3. The molecule has 0 N–H and O–H groups in total. The molecule has 194 valence electrons. The average molecular weight is 586 g/mol. The monoisotopic (exact) mass is 584 g/mol. The minimum absolute atomic E-state index is 0.219. The Kier molecular flexibility index (Phi) is 7.85. The molecule has 3 heterocycles. The van der Waals surface area contributed by atoms with E-state index >= 15 is 0 Å². The Morgan fingerprint density at radius 1 is 1.13 bits per heavy atom. The predicted octanol–water partition coefficient (Wildman–Crippen LogP) is 5.75. The van der Waals surface area contributed by atoms with E-state index in [1.807, 2.05) is 53.9 Å². The van der Waals surface area contributed by atoms with Gasteiger partial charge in [0.25, 0.3) is 5.56 Å². The number of hydrogen-bond acceptors (Lipinski definition) is 7. The highest BCUT2D eigenvalue weighted by Gasteiger charge is 2.33. The van der Waals surface area contributed by atoms with Crippen LogP contribution in [0.2, 0.25) is 10.0 Å². The molecule has 4 aromatic rings. The number of fused-ring (bicyclic) bond motifs is 1. The Labute approximate surface area is 236 Å². The molecular formula is C28H22Cl2N2O4S2. The Balaban J connectivity index is 1.50. The van der Waals surface area contributed by atoms with Crippen LogP contribution in [-0.4, -0.2) is 17.1 Å². The van der Waals surface area contributed by atoms with Gasteiger partial charge in [0.05, 0.1) is 32.5 Å². The summed E-state index contributed by atoms with van der Waals surface area (Å²) in [5.74, 6) is 0.183. The van der Waals surface area contributed by atoms with Crippen molar-refractivity contribution in [2.75, 3.05) is 6.61 Å². The number of carbonyl (C=O) groups is 1. The van der Waals surface area contributed by atoms with E-state index in [0.29, 0.717) is 43.0 Å². The highest BCUT2D eigenvalue weighted by Crippen LogP contribution is 2.33. The number of aromatic nitrogens is 1. The maximum atomic E-state index is 13.7. The number of nitrogens with zero attached hydrogens (tertiary/aromatic N) is 2. The zero-order valence-electron chi connectivity index (χ0n) is 20.4. The average Bonchev–Trinajstić information content (AvgIpc) is 3.53. The van der Waals surface area contributed by atoms with Crippen molar-refractivity contribution in [2.24, 2.45) is 4.99 Å². The molecular weight excluding hydrogens is 563 g/mol. The number of rotatable bonds is 7. The molecule has 0 spiro atoms. The summed E-state index contributed by atoms with van der Waals surface area (Å²) in [6, 6.07) is 16.1. The van der Waals surface area contributed by atoms with Crippen molar-refractivity contribution in [2.45, 2.75) is 26.5 Å². The van der Waals surface area contributed by atoms with Gasteiger partial charge in [0.1, 0.15) is 18.4 Å². The Hall–Kier alpha value is -3.17. The highest BCUT2D eigenvalue weighted by molar-refractivity contribution is 7.10. The number of thiazole rings is 1. The van der Waals surface area contributed by atoms with E-state index in [0.717, 1.165) is 16.0 Å². The fraction of sp³-hybridized carbons (Fsp3) is 0.179. The maximum Gasteiger partial charge on any atom is 0.338 e. The molecule has 10 heteroatoms. The third kappa shape index (κ3) is 5.35. The van der Waals surface area contributed by atoms with Gasteiger partial charge in [-0.05, 0) is 66.8 Å². The molecule has 0 saturated heterocycles. The van der Waals surface area contributed by atoms with Crippen molar-refractivity contribution in [3.8, 4) is 5.75 Å². The summed E-state index contributed by atoms with van der Waals surface area (Å²) < 4.78 is 13.4. The Morgan fingerprint density at radius 2 is 1.97 bits per heavy atom. The van der Waals surface area contributed by atoms with Gasteiger partial charge in [0.15, 0.2) is 4.80 Å². The molecule has 0 saturated carbocycles. The number of ether oxygens (including phenoxy) is 2. The first-order chi connectivity index (χ1) is 18.4. The third-order valence-electron chi connectivity index (χ3n) is 5.88. The second-order valence-corrected chi connectivity index (χ2v) is 11.2. The SMILES string of the molecule is CCOC(=O)C1=C(C)N=c2s/c(=C/c3cccc(OCc4ccc(Cl)c(Cl)c4)c3)c(=O)n2[C@@H]1c1cccs1. The van der Waals surface area contributed by atoms with E-state index in [9.17, 15) is 9.59 Å². The molecule has 38 heavy (non-hydrogen) atoms. The normalized spacial score (nSPS) is 15.3. The molecule has 5 rings (SSSR count). The summed E-state index contributed by atoms with van der Waals surface area (Å²) in [7, 11) is 0. The summed E-state index contributed by atoms with van der Waals surface area (Å²) >= 11 is 14.9. The standard InChI is InChI=1S/C28H22Cl2N2O4S2/c1-3-35-27(34)24-16(2)31-28-32(25(24)22-8-5-11-37-22)26(33)23(38-28)14-17-6-4-7-19(12-17)36-15-18-9-10-20(29)21(30)13-18/h4-14,25H,3,15H2,1-2H3/b23-14+/t25-/m1/s1. The molecule has 0 fully saturated rings. The lowest BCUT2D eigenvalue weighted by Crippen LogP contribution is -2.39. The summed E-state index contributed by atoms with van der Waals surface area (Å²) in [5.41, 5.74) is 2.40. The van der Waals surface area contributed by atoms with Crippen molar-refractivity contribution in [1.29, 1.82) is 0 Å². The first-order valence-corrected chi connectivity index (χ1v) is 14.2. The minimum Gasteiger partial charge on any atom is -0.489 e.